The molecule has 6 aromatic carbocycles. The lowest BCUT2D eigenvalue weighted by Gasteiger charge is -2.45. The topological polar surface area (TPSA) is 98.8 Å². The van der Waals surface area contributed by atoms with Gasteiger partial charge in [-0.25, -0.2) is 9.59 Å². The molecule has 290 valence electrons. The van der Waals surface area contributed by atoms with Gasteiger partial charge in [0.05, 0.1) is 44.2 Å². The summed E-state index contributed by atoms with van der Waals surface area (Å²) in [6.45, 7) is 1.03. The molecule has 0 saturated carbocycles. The second-order valence-electron chi connectivity index (χ2n) is 13.5. The predicted molar refractivity (Wildman–Crippen MR) is 213 cm³/mol. The van der Waals surface area contributed by atoms with Crippen LogP contribution in [0.3, 0.4) is 0 Å². The molecule has 1 aliphatic rings. The van der Waals surface area contributed by atoms with Crippen molar-refractivity contribution in [2.24, 2.45) is 0 Å². The van der Waals surface area contributed by atoms with Crippen molar-refractivity contribution in [1.82, 2.24) is 0 Å². The second-order valence-corrected chi connectivity index (χ2v) is 13.5. The first kappa shape index (κ1) is 39.3. The van der Waals surface area contributed by atoms with Crippen LogP contribution in [0.25, 0.3) is 0 Å². The Morgan fingerprint density at radius 3 is 1.35 bits per heavy atom. The number of para-hydroxylation sites is 1. The Balaban J connectivity index is 1.21. The second kappa shape index (κ2) is 20.3. The minimum absolute atomic E-state index is 0.00456. The van der Waals surface area contributed by atoms with E-state index in [-0.39, 0.29) is 37.6 Å². The molecule has 0 amide bonds. The molecule has 57 heavy (non-hydrogen) atoms. The van der Waals surface area contributed by atoms with E-state index in [1.807, 2.05) is 127 Å². The van der Waals surface area contributed by atoms with E-state index in [2.05, 4.69) is 0 Å². The number of benzene rings is 6. The number of hydrogen-bond donors (Lipinski definition) is 0. The van der Waals surface area contributed by atoms with E-state index in [0.29, 0.717) is 12.4 Å². The molecule has 0 aliphatic carbocycles. The third-order valence-electron chi connectivity index (χ3n) is 9.38. The summed E-state index contributed by atoms with van der Waals surface area (Å²) in [5, 5.41) is 0. The number of hydrogen-bond acceptors (Lipinski definition) is 9. The van der Waals surface area contributed by atoms with E-state index >= 15 is 0 Å². The van der Waals surface area contributed by atoms with Crippen LogP contribution in [0.1, 0.15) is 43.0 Å². The zero-order valence-electron chi connectivity index (χ0n) is 31.3. The molecule has 1 unspecified atom stereocenters. The first-order valence-corrected chi connectivity index (χ1v) is 18.9. The zero-order chi connectivity index (χ0) is 39.1. The zero-order valence-corrected chi connectivity index (χ0v) is 31.3. The third-order valence-corrected chi connectivity index (χ3v) is 9.38. The van der Waals surface area contributed by atoms with Crippen LogP contribution in [0.15, 0.2) is 176 Å². The smallest absolute Gasteiger partial charge is 0.344 e. The van der Waals surface area contributed by atoms with E-state index in [4.69, 9.17) is 33.2 Å². The number of carbonyl (C=O) groups excluding carboxylic acids is 2. The van der Waals surface area contributed by atoms with Gasteiger partial charge < -0.3 is 33.2 Å². The van der Waals surface area contributed by atoms with Gasteiger partial charge in [-0.05, 0) is 46.5 Å². The highest BCUT2D eigenvalue weighted by Gasteiger charge is 2.50. The van der Waals surface area contributed by atoms with Gasteiger partial charge in [0.1, 0.15) is 30.2 Å². The Kier molecular flexibility index (Phi) is 14.0. The minimum atomic E-state index is -1.30. The van der Waals surface area contributed by atoms with Crippen LogP contribution in [0.4, 0.5) is 0 Å². The van der Waals surface area contributed by atoms with Gasteiger partial charge in [-0.1, -0.05) is 152 Å². The molecule has 1 heterocycles. The molecule has 1 fully saturated rings. The van der Waals surface area contributed by atoms with E-state index in [9.17, 15) is 9.59 Å². The predicted octanol–water partition coefficient (Wildman–Crippen LogP) is 8.76. The van der Waals surface area contributed by atoms with Gasteiger partial charge in [0.15, 0.2) is 0 Å². The van der Waals surface area contributed by atoms with Crippen LogP contribution in [-0.4, -0.2) is 49.3 Å². The molecular formula is C48H44O9. The number of carbonyl (C=O) groups is 2. The van der Waals surface area contributed by atoms with Gasteiger partial charge in [-0.3, -0.25) is 0 Å². The van der Waals surface area contributed by atoms with Crippen LogP contribution in [-0.2, 0) is 54.8 Å². The molecule has 6 aromatic rings. The van der Waals surface area contributed by atoms with Gasteiger partial charge in [0.2, 0.25) is 6.29 Å². The fourth-order valence-electron chi connectivity index (χ4n) is 6.50. The maximum atomic E-state index is 14.2. The molecule has 1 aliphatic heterocycles. The summed E-state index contributed by atoms with van der Waals surface area (Å²) in [5.41, 5.74) is 3.81. The molecule has 0 aromatic heterocycles. The molecule has 9 nitrogen and oxygen atoms in total. The fraction of sp³-hybridized carbons (Fsp3) is 0.208. The van der Waals surface area contributed by atoms with Crippen molar-refractivity contribution in [3.05, 3.63) is 209 Å². The minimum Gasteiger partial charge on any atom is -0.429 e. The van der Waals surface area contributed by atoms with Crippen molar-refractivity contribution in [2.45, 2.75) is 57.1 Å². The number of esters is 2. The first-order chi connectivity index (χ1) is 28.1. The molecular weight excluding hydrogens is 721 g/mol. The summed E-state index contributed by atoms with van der Waals surface area (Å²) in [7, 11) is 0. The molecule has 7 rings (SSSR count). The summed E-state index contributed by atoms with van der Waals surface area (Å²) in [4.78, 5) is 27.6. The highest BCUT2D eigenvalue weighted by atomic mass is 16.7. The number of rotatable bonds is 17. The Hall–Kier alpha value is -5.94. The first-order valence-electron chi connectivity index (χ1n) is 18.9. The third kappa shape index (κ3) is 11.1. The quantitative estimate of drug-likeness (QED) is 0.0667. The van der Waals surface area contributed by atoms with Gasteiger partial charge in [0, 0.05) is 0 Å². The average molecular weight is 765 g/mol. The maximum absolute atomic E-state index is 14.2. The van der Waals surface area contributed by atoms with Gasteiger partial charge in [-0.15, -0.1) is 0 Å². The lowest BCUT2D eigenvalue weighted by Crippen LogP contribution is -2.62. The highest BCUT2D eigenvalue weighted by molar-refractivity contribution is 6.03. The van der Waals surface area contributed by atoms with E-state index in [1.165, 1.54) is 12.1 Å². The van der Waals surface area contributed by atoms with Crippen molar-refractivity contribution in [3.63, 3.8) is 0 Å². The van der Waals surface area contributed by atoms with Crippen LogP contribution in [0.2, 0.25) is 0 Å². The van der Waals surface area contributed by atoms with Crippen molar-refractivity contribution in [3.8, 4) is 5.75 Å². The largest absolute Gasteiger partial charge is 0.429 e. The van der Waals surface area contributed by atoms with E-state index in [1.54, 1.807) is 36.4 Å². The Bertz CT molecular complexity index is 2120. The normalized spacial score (nSPS) is 19.1. The summed E-state index contributed by atoms with van der Waals surface area (Å²) in [6.07, 6.45) is -4.60. The van der Waals surface area contributed by atoms with Crippen LogP contribution in [0, 0.1) is 0 Å². The van der Waals surface area contributed by atoms with Crippen LogP contribution >= 0.6 is 0 Å². The van der Waals surface area contributed by atoms with Crippen molar-refractivity contribution in [2.75, 3.05) is 6.61 Å². The summed E-state index contributed by atoms with van der Waals surface area (Å²) >= 11 is 0. The molecule has 1 saturated heterocycles. The van der Waals surface area contributed by atoms with Crippen LogP contribution in [0.5, 0.6) is 5.75 Å². The summed E-state index contributed by atoms with van der Waals surface area (Å²) in [5.74, 6) is -1.17. The molecule has 5 atom stereocenters. The molecule has 9 heteroatoms. The van der Waals surface area contributed by atoms with Crippen molar-refractivity contribution < 1.29 is 42.7 Å². The Morgan fingerprint density at radius 1 is 0.439 bits per heavy atom. The van der Waals surface area contributed by atoms with Gasteiger partial charge in [-0.2, -0.15) is 0 Å². The van der Waals surface area contributed by atoms with Crippen molar-refractivity contribution >= 4 is 11.9 Å². The highest BCUT2D eigenvalue weighted by Crippen LogP contribution is 2.32. The lowest BCUT2D eigenvalue weighted by atomic mass is 9.97. The lowest BCUT2D eigenvalue weighted by molar-refractivity contribution is -0.315. The van der Waals surface area contributed by atoms with Gasteiger partial charge in [0.25, 0.3) is 0 Å². The monoisotopic (exact) mass is 764 g/mol. The van der Waals surface area contributed by atoms with Crippen LogP contribution < -0.4 is 4.74 Å². The SMILES string of the molecule is O=C(Oc1ccccc1)c1ccccc1C(=O)OC1O[C@H](COCc2ccccc2)[C@@H](OCc2ccccc2)[C@H](OCc2ccccc2)[C@H]1OCc1ccccc1. The molecule has 0 radical (unpaired) electrons. The summed E-state index contributed by atoms with van der Waals surface area (Å²) in [6, 6.07) is 54.1. The van der Waals surface area contributed by atoms with Gasteiger partial charge >= 0.3 is 11.9 Å². The molecule has 0 N–H and O–H groups in total. The number of ether oxygens (including phenoxy) is 7. The maximum Gasteiger partial charge on any atom is 0.344 e. The van der Waals surface area contributed by atoms with Crippen molar-refractivity contribution in [1.29, 1.82) is 0 Å². The Labute approximate surface area is 332 Å². The fourth-order valence-corrected chi connectivity index (χ4v) is 6.50. The molecule has 0 spiro atoms. The summed E-state index contributed by atoms with van der Waals surface area (Å²) < 4.78 is 44.9. The molecule has 0 bridgehead atoms. The van der Waals surface area contributed by atoms with E-state index in [0.717, 1.165) is 22.3 Å². The Morgan fingerprint density at radius 2 is 0.842 bits per heavy atom. The standard InChI is InChI=1S/C48H44O9/c49-46(55-39-26-14-5-15-27-39)40-28-16-17-29-41(40)47(50)57-48-45(54-33-38-24-12-4-13-25-38)44(53-32-37-22-10-3-11-23-37)43(52-31-36-20-8-2-9-21-36)42(56-48)34-51-30-35-18-6-1-7-19-35/h1-29,42-45,48H,30-34H2/t42-,43-,44+,45-,48?/m1/s1. The van der Waals surface area contributed by atoms with E-state index < -0.39 is 42.6 Å². The average Bonchev–Trinajstić information content (AvgIpc) is 3.26.